The Balaban J connectivity index is 1.32. The molecule has 3 fully saturated rings. The van der Waals surface area contributed by atoms with Gasteiger partial charge in [-0.25, -0.2) is 14.6 Å². The molecule has 3 aromatic heterocycles. The molecule has 9 rings (SSSR count). The van der Waals surface area contributed by atoms with E-state index in [1.54, 1.807) is 0 Å². The maximum atomic E-state index is 6.76. The Hall–Kier alpha value is -5.05. The number of aromatic nitrogens is 4. The third-order valence-corrected chi connectivity index (χ3v) is 10.1. The normalized spacial score (nSPS) is 19.6. The van der Waals surface area contributed by atoms with Crippen molar-refractivity contribution in [2.24, 2.45) is 0 Å². The molecule has 3 aliphatic heterocycles. The number of morpholine rings is 1. The number of hydrogen-bond donors (Lipinski definition) is 0. The van der Waals surface area contributed by atoms with Crippen molar-refractivity contribution >= 4 is 16.7 Å². The lowest BCUT2D eigenvalue weighted by Gasteiger charge is -2.37. The van der Waals surface area contributed by atoms with Crippen molar-refractivity contribution in [1.29, 1.82) is 0 Å². The van der Waals surface area contributed by atoms with Crippen LogP contribution >= 0.6 is 0 Å². The molecular weight excluding hydrogens is 598 g/mol. The molecule has 2 bridgehead atoms. The third-order valence-electron chi connectivity index (χ3n) is 10.1. The highest BCUT2D eigenvalue weighted by atomic mass is 16.5. The average Bonchev–Trinajstić information content (AvgIpc) is 3.90. The molecule has 0 unspecified atom stereocenters. The molecule has 0 aliphatic carbocycles. The van der Waals surface area contributed by atoms with Gasteiger partial charge in [-0.2, -0.15) is 5.10 Å². The van der Waals surface area contributed by atoms with E-state index in [0.29, 0.717) is 25.1 Å². The summed E-state index contributed by atoms with van der Waals surface area (Å²) in [5.74, 6) is 1.54. The maximum Gasteiger partial charge on any atom is 0.225 e. The summed E-state index contributed by atoms with van der Waals surface area (Å²) in [6.45, 7) is 2.96. The van der Waals surface area contributed by atoms with Gasteiger partial charge in [0.25, 0.3) is 0 Å². The lowest BCUT2D eigenvalue weighted by atomic mass is 9.77. The first kappa shape index (κ1) is 29.1. The second kappa shape index (κ2) is 12.2. The third kappa shape index (κ3) is 4.86. The molecule has 8 nitrogen and oxygen atoms in total. The lowest BCUT2D eigenvalue weighted by molar-refractivity contribution is 0.0244. The van der Waals surface area contributed by atoms with Gasteiger partial charge in [0.15, 0.2) is 0 Å². The second-order valence-corrected chi connectivity index (χ2v) is 12.9. The van der Waals surface area contributed by atoms with Gasteiger partial charge in [0.1, 0.15) is 23.2 Å². The summed E-state index contributed by atoms with van der Waals surface area (Å²) in [5, 5.41) is 6.52. The molecule has 3 aliphatic rings. The Kier molecular flexibility index (Phi) is 7.40. The number of benzene rings is 3. The van der Waals surface area contributed by atoms with Gasteiger partial charge in [0, 0.05) is 37.3 Å². The zero-order chi connectivity index (χ0) is 31.9. The zero-order valence-electron chi connectivity index (χ0n) is 26.7. The summed E-state index contributed by atoms with van der Waals surface area (Å²) in [6.07, 6.45) is 6.73. The van der Waals surface area contributed by atoms with Crippen LogP contribution in [0.5, 0.6) is 5.88 Å². The molecule has 3 saturated heterocycles. The highest BCUT2D eigenvalue weighted by molar-refractivity contribution is 5.98. The minimum Gasteiger partial charge on any atom is -0.474 e. The average molecular weight is 636 g/mol. The minimum absolute atomic E-state index is 0.0170. The summed E-state index contributed by atoms with van der Waals surface area (Å²) in [5.41, 5.74) is 5.23. The van der Waals surface area contributed by atoms with Crippen molar-refractivity contribution in [3.05, 3.63) is 138 Å². The van der Waals surface area contributed by atoms with E-state index in [2.05, 4.69) is 119 Å². The Bertz CT molecular complexity index is 1930. The van der Waals surface area contributed by atoms with Gasteiger partial charge >= 0.3 is 0 Å². The largest absolute Gasteiger partial charge is 0.474 e. The molecule has 2 atom stereocenters. The minimum atomic E-state index is -0.807. The summed E-state index contributed by atoms with van der Waals surface area (Å²) in [4.78, 5) is 12.1. The molecule has 6 heterocycles. The molecule has 0 N–H and O–H groups in total. The van der Waals surface area contributed by atoms with Gasteiger partial charge in [0.05, 0.1) is 42.9 Å². The van der Waals surface area contributed by atoms with E-state index in [0.717, 1.165) is 77.1 Å². The molecule has 3 aromatic carbocycles. The quantitative estimate of drug-likeness (QED) is 0.169. The SMILES string of the molecule is c1ccc(C(c2ccccc2)(c2ccccc2)n2nc(-c3ccnc(N4C[C@@H]5C[C@H]4CO5)c3)c3c(OC4CCOCC4)nccc32)cc1. The van der Waals surface area contributed by atoms with Gasteiger partial charge < -0.3 is 19.1 Å². The van der Waals surface area contributed by atoms with Crippen LogP contribution in [0.4, 0.5) is 5.82 Å². The van der Waals surface area contributed by atoms with Gasteiger partial charge in [-0.05, 0) is 41.3 Å². The number of rotatable bonds is 8. The molecule has 8 heteroatoms. The Morgan fingerprint density at radius 2 is 1.40 bits per heavy atom. The first-order chi connectivity index (χ1) is 23.8. The molecular formula is C40H37N5O3. The van der Waals surface area contributed by atoms with Gasteiger partial charge in [-0.3, -0.25) is 0 Å². The highest BCUT2D eigenvalue weighted by Crippen LogP contribution is 2.46. The Morgan fingerprint density at radius 3 is 2.00 bits per heavy atom. The lowest BCUT2D eigenvalue weighted by Crippen LogP contribution is -2.38. The second-order valence-electron chi connectivity index (χ2n) is 12.9. The van der Waals surface area contributed by atoms with Gasteiger partial charge in [-0.1, -0.05) is 91.0 Å². The van der Waals surface area contributed by atoms with E-state index in [9.17, 15) is 0 Å². The van der Waals surface area contributed by atoms with Crippen LogP contribution < -0.4 is 9.64 Å². The van der Waals surface area contributed by atoms with Crippen LogP contribution in [0.3, 0.4) is 0 Å². The number of pyridine rings is 2. The number of anilines is 1. The first-order valence-corrected chi connectivity index (χ1v) is 16.9. The Labute approximate surface area is 279 Å². The van der Waals surface area contributed by atoms with Gasteiger partial charge in [-0.15, -0.1) is 0 Å². The predicted molar refractivity (Wildman–Crippen MR) is 185 cm³/mol. The summed E-state index contributed by atoms with van der Waals surface area (Å²) in [6, 6.07) is 38.7. The number of nitrogens with zero attached hydrogens (tertiary/aromatic N) is 5. The van der Waals surface area contributed by atoms with Crippen LogP contribution in [0.1, 0.15) is 36.0 Å². The standard InChI is InChI=1S/C40H37N5O3/c1-4-10-29(11-5-1)40(30-12-6-2-7-13-30,31-14-8-3-9-15-31)45-35-17-21-42-39(48-33-18-22-46-23-19-33)37(35)38(43-45)28-16-20-41-36(24-28)44-26-34-25-32(44)27-47-34/h1-17,20-21,24,32-34H,18-19,22-23,25-27H2/t32-,34-/m0/s1. The molecule has 0 radical (unpaired) electrons. The van der Waals surface area contributed by atoms with Crippen LogP contribution in [-0.4, -0.2) is 64.4 Å². The van der Waals surface area contributed by atoms with Crippen molar-refractivity contribution < 1.29 is 14.2 Å². The van der Waals surface area contributed by atoms with E-state index < -0.39 is 5.54 Å². The van der Waals surface area contributed by atoms with Gasteiger partial charge in [0.2, 0.25) is 5.88 Å². The maximum absolute atomic E-state index is 6.76. The van der Waals surface area contributed by atoms with Crippen LogP contribution in [-0.2, 0) is 15.0 Å². The molecule has 48 heavy (non-hydrogen) atoms. The molecule has 6 aromatic rings. The van der Waals surface area contributed by atoms with Crippen molar-refractivity contribution in [2.45, 2.75) is 43.1 Å². The summed E-state index contributed by atoms with van der Waals surface area (Å²) >= 11 is 0. The van der Waals surface area contributed by atoms with Crippen molar-refractivity contribution in [2.75, 3.05) is 31.3 Å². The number of fused-ring (bicyclic) bond motifs is 3. The topological polar surface area (TPSA) is 74.5 Å². The Morgan fingerprint density at radius 1 is 0.750 bits per heavy atom. The highest BCUT2D eigenvalue weighted by Gasteiger charge is 2.42. The van der Waals surface area contributed by atoms with Crippen molar-refractivity contribution in [1.82, 2.24) is 19.7 Å². The van der Waals surface area contributed by atoms with E-state index in [-0.39, 0.29) is 12.2 Å². The van der Waals surface area contributed by atoms with Crippen molar-refractivity contribution in [3.8, 4) is 17.1 Å². The van der Waals surface area contributed by atoms with E-state index >= 15 is 0 Å². The fourth-order valence-corrected chi connectivity index (χ4v) is 7.84. The van der Waals surface area contributed by atoms with E-state index in [4.69, 9.17) is 29.3 Å². The monoisotopic (exact) mass is 635 g/mol. The van der Waals surface area contributed by atoms with Crippen LogP contribution in [0.2, 0.25) is 0 Å². The van der Waals surface area contributed by atoms with Crippen LogP contribution in [0.25, 0.3) is 22.2 Å². The predicted octanol–water partition coefficient (Wildman–Crippen LogP) is 6.87. The van der Waals surface area contributed by atoms with E-state index in [1.807, 2.05) is 12.4 Å². The molecule has 0 amide bonds. The van der Waals surface area contributed by atoms with Crippen molar-refractivity contribution in [3.63, 3.8) is 0 Å². The summed E-state index contributed by atoms with van der Waals surface area (Å²) in [7, 11) is 0. The molecule has 240 valence electrons. The van der Waals surface area contributed by atoms with E-state index in [1.165, 1.54) is 0 Å². The van der Waals surface area contributed by atoms with Crippen LogP contribution in [0.15, 0.2) is 122 Å². The first-order valence-electron chi connectivity index (χ1n) is 16.9. The molecule has 0 saturated carbocycles. The number of ether oxygens (including phenoxy) is 3. The summed E-state index contributed by atoms with van der Waals surface area (Å²) < 4.78 is 20.5. The van der Waals surface area contributed by atoms with Crippen LogP contribution in [0, 0.1) is 0 Å². The number of hydrogen-bond acceptors (Lipinski definition) is 7. The zero-order valence-corrected chi connectivity index (χ0v) is 26.7. The fourth-order valence-electron chi connectivity index (χ4n) is 7.84. The smallest absolute Gasteiger partial charge is 0.225 e. The fraction of sp³-hybridized carbons (Fsp3) is 0.275. The molecule has 0 spiro atoms.